The Bertz CT molecular complexity index is 1120. The fourth-order valence-corrected chi connectivity index (χ4v) is 3.12. The lowest BCUT2D eigenvalue weighted by Gasteiger charge is -2.20. The quantitative estimate of drug-likeness (QED) is 0.568. The zero-order valence-electron chi connectivity index (χ0n) is 15.2. The highest BCUT2D eigenvalue weighted by Gasteiger charge is 2.40. The second-order valence-corrected chi connectivity index (χ2v) is 6.75. The fourth-order valence-electron chi connectivity index (χ4n) is 2.95. The van der Waals surface area contributed by atoms with Crippen molar-refractivity contribution in [2.75, 3.05) is 0 Å². The number of carbonyl (C=O) groups excluding carboxylic acids is 3. The number of hydrogen-bond acceptors (Lipinski definition) is 5. The van der Waals surface area contributed by atoms with E-state index in [0.29, 0.717) is 10.6 Å². The van der Waals surface area contributed by atoms with E-state index in [0.717, 1.165) is 6.07 Å². The number of rotatable bonds is 5. The molecule has 0 spiro atoms. The van der Waals surface area contributed by atoms with E-state index in [9.17, 15) is 18.8 Å². The SMILES string of the molecule is O=C(ON1C(=O)c2ccccc2C1=O)C(Oc1ccc(F)c(Cl)c1)c1ccccc1. The monoisotopic (exact) mass is 425 g/mol. The first kappa shape index (κ1) is 19.6. The molecule has 0 aliphatic carbocycles. The largest absolute Gasteiger partial charge is 0.474 e. The molecule has 4 rings (SSSR count). The molecule has 3 aromatic carbocycles. The number of carbonyl (C=O) groups is 3. The molecule has 0 radical (unpaired) electrons. The zero-order chi connectivity index (χ0) is 21.3. The summed E-state index contributed by atoms with van der Waals surface area (Å²) in [5, 5.41) is 0.220. The van der Waals surface area contributed by atoms with E-state index in [-0.39, 0.29) is 21.9 Å². The van der Waals surface area contributed by atoms with Crippen molar-refractivity contribution in [1.82, 2.24) is 5.06 Å². The highest BCUT2D eigenvalue weighted by atomic mass is 35.5. The lowest BCUT2D eigenvalue weighted by Crippen LogP contribution is -2.35. The molecule has 2 amide bonds. The first-order valence-corrected chi connectivity index (χ1v) is 9.20. The number of amides is 2. The highest BCUT2D eigenvalue weighted by molar-refractivity contribution is 6.30. The minimum Gasteiger partial charge on any atom is -0.474 e. The lowest BCUT2D eigenvalue weighted by molar-refractivity contribution is -0.177. The summed E-state index contributed by atoms with van der Waals surface area (Å²) in [7, 11) is 0. The fraction of sp³-hybridized carbons (Fsp3) is 0.0455. The summed E-state index contributed by atoms with van der Waals surface area (Å²) in [6, 6.07) is 18.1. The van der Waals surface area contributed by atoms with E-state index >= 15 is 0 Å². The van der Waals surface area contributed by atoms with E-state index < -0.39 is 29.7 Å². The van der Waals surface area contributed by atoms with Gasteiger partial charge in [0.15, 0.2) is 0 Å². The number of benzene rings is 3. The molecule has 0 aromatic heterocycles. The van der Waals surface area contributed by atoms with Crippen molar-refractivity contribution >= 4 is 29.4 Å². The van der Waals surface area contributed by atoms with E-state index in [4.69, 9.17) is 21.2 Å². The molecule has 0 saturated carbocycles. The van der Waals surface area contributed by atoms with Gasteiger partial charge in [0.25, 0.3) is 11.8 Å². The number of ether oxygens (including phenoxy) is 1. The standard InChI is InChI=1S/C22H13ClFNO5/c23-17-12-14(10-11-18(17)24)29-19(13-6-2-1-3-7-13)22(28)30-25-20(26)15-8-4-5-9-16(15)21(25)27/h1-12,19H. The van der Waals surface area contributed by atoms with E-state index in [2.05, 4.69) is 0 Å². The van der Waals surface area contributed by atoms with Gasteiger partial charge in [-0.05, 0) is 24.3 Å². The molecular formula is C22H13ClFNO5. The Morgan fingerprint density at radius 1 is 0.900 bits per heavy atom. The summed E-state index contributed by atoms with van der Waals surface area (Å²) in [5.41, 5.74) is 0.676. The summed E-state index contributed by atoms with van der Waals surface area (Å²) in [6.07, 6.45) is -1.34. The summed E-state index contributed by atoms with van der Waals surface area (Å²) < 4.78 is 19.1. The highest BCUT2D eigenvalue weighted by Crippen LogP contribution is 2.29. The first-order valence-electron chi connectivity index (χ1n) is 8.82. The molecule has 3 aromatic rings. The number of halogens is 2. The molecule has 0 saturated heterocycles. The molecule has 30 heavy (non-hydrogen) atoms. The van der Waals surface area contributed by atoms with Crippen molar-refractivity contribution in [2.45, 2.75) is 6.10 Å². The van der Waals surface area contributed by atoms with Crippen molar-refractivity contribution in [1.29, 1.82) is 0 Å². The van der Waals surface area contributed by atoms with Crippen molar-refractivity contribution in [3.63, 3.8) is 0 Å². The van der Waals surface area contributed by atoms with E-state index in [1.807, 2.05) is 0 Å². The normalized spacial score (nSPS) is 13.7. The van der Waals surface area contributed by atoms with Crippen LogP contribution >= 0.6 is 11.6 Å². The van der Waals surface area contributed by atoms with Crippen LogP contribution in [0.4, 0.5) is 4.39 Å². The molecule has 6 nitrogen and oxygen atoms in total. The van der Waals surface area contributed by atoms with Crippen molar-refractivity contribution < 1.29 is 28.3 Å². The Labute approximate surface area is 175 Å². The maximum atomic E-state index is 13.4. The maximum Gasteiger partial charge on any atom is 0.377 e. The Morgan fingerprint density at radius 3 is 2.10 bits per heavy atom. The van der Waals surface area contributed by atoms with Gasteiger partial charge in [-0.3, -0.25) is 9.59 Å². The first-order chi connectivity index (χ1) is 14.5. The van der Waals surface area contributed by atoms with Gasteiger partial charge in [-0.2, -0.15) is 0 Å². The number of hydrogen-bond donors (Lipinski definition) is 0. The second kappa shape index (κ2) is 7.96. The van der Waals surface area contributed by atoms with Crippen LogP contribution < -0.4 is 4.74 Å². The molecule has 1 aliphatic heterocycles. The van der Waals surface area contributed by atoms with Crippen LogP contribution in [0.15, 0.2) is 72.8 Å². The van der Waals surface area contributed by atoms with Crippen LogP contribution in [0.5, 0.6) is 5.75 Å². The maximum absolute atomic E-state index is 13.4. The third-order valence-electron chi connectivity index (χ3n) is 4.40. The van der Waals surface area contributed by atoms with Crippen LogP contribution in [0, 0.1) is 5.82 Å². The number of fused-ring (bicyclic) bond motifs is 1. The molecule has 1 aliphatic rings. The molecule has 0 N–H and O–H groups in total. The van der Waals surface area contributed by atoms with Crippen LogP contribution in [-0.2, 0) is 9.63 Å². The molecule has 1 heterocycles. The number of hydroxylamine groups is 2. The summed E-state index contributed by atoms with van der Waals surface area (Å²) in [4.78, 5) is 43.0. The minimum atomic E-state index is -1.34. The molecule has 1 atom stereocenters. The van der Waals surface area contributed by atoms with Gasteiger partial charge in [-0.15, -0.1) is 0 Å². The molecule has 1 unspecified atom stereocenters. The molecule has 0 bridgehead atoms. The average Bonchev–Trinajstić information content (AvgIpc) is 3.00. The van der Waals surface area contributed by atoms with Crippen molar-refractivity contribution in [2.24, 2.45) is 0 Å². The van der Waals surface area contributed by atoms with Crippen LogP contribution in [0.25, 0.3) is 0 Å². The van der Waals surface area contributed by atoms with Gasteiger partial charge in [0, 0.05) is 11.6 Å². The molecule has 8 heteroatoms. The van der Waals surface area contributed by atoms with Gasteiger partial charge in [-0.1, -0.05) is 59.1 Å². The topological polar surface area (TPSA) is 72.9 Å². The number of imide groups is 1. The van der Waals surface area contributed by atoms with E-state index in [1.165, 1.54) is 24.3 Å². The molecule has 0 fully saturated rings. The summed E-state index contributed by atoms with van der Waals surface area (Å²) in [5.74, 6) is -3.04. The third kappa shape index (κ3) is 3.62. The summed E-state index contributed by atoms with van der Waals surface area (Å²) in [6.45, 7) is 0. The second-order valence-electron chi connectivity index (χ2n) is 6.35. The van der Waals surface area contributed by atoms with Crippen molar-refractivity contribution in [3.8, 4) is 5.75 Å². The van der Waals surface area contributed by atoms with Gasteiger partial charge < -0.3 is 9.57 Å². The lowest BCUT2D eigenvalue weighted by atomic mass is 10.1. The molecule has 150 valence electrons. The Morgan fingerprint density at radius 2 is 1.50 bits per heavy atom. The van der Waals surface area contributed by atoms with Crippen LogP contribution in [0.1, 0.15) is 32.4 Å². The Balaban J connectivity index is 1.61. The predicted octanol–water partition coefficient (Wildman–Crippen LogP) is 4.35. The molecular weight excluding hydrogens is 413 g/mol. The van der Waals surface area contributed by atoms with Gasteiger partial charge in [-0.25, -0.2) is 9.18 Å². The van der Waals surface area contributed by atoms with Gasteiger partial charge in [0.1, 0.15) is 11.6 Å². The smallest absolute Gasteiger partial charge is 0.377 e. The van der Waals surface area contributed by atoms with Gasteiger partial charge >= 0.3 is 5.97 Å². The summed E-state index contributed by atoms with van der Waals surface area (Å²) >= 11 is 5.78. The van der Waals surface area contributed by atoms with Crippen LogP contribution in [0.3, 0.4) is 0 Å². The van der Waals surface area contributed by atoms with Crippen LogP contribution in [-0.4, -0.2) is 22.8 Å². The Hall–Kier alpha value is -3.71. The average molecular weight is 426 g/mol. The van der Waals surface area contributed by atoms with Gasteiger partial charge in [0.05, 0.1) is 16.1 Å². The van der Waals surface area contributed by atoms with E-state index in [1.54, 1.807) is 42.5 Å². The van der Waals surface area contributed by atoms with Crippen molar-refractivity contribution in [3.05, 3.63) is 100 Å². The van der Waals surface area contributed by atoms with Gasteiger partial charge in [0.2, 0.25) is 6.10 Å². The Kier molecular flexibility index (Phi) is 5.20. The predicted molar refractivity (Wildman–Crippen MR) is 104 cm³/mol. The van der Waals surface area contributed by atoms with Crippen LogP contribution in [0.2, 0.25) is 5.02 Å². The third-order valence-corrected chi connectivity index (χ3v) is 4.69. The minimum absolute atomic E-state index is 0.106. The number of nitrogens with zero attached hydrogens (tertiary/aromatic N) is 1. The zero-order valence-corrected chi connectivity index (χ0v) is 16.0.